The molecule has 0 spiro atoms. The van der Waals surface area contributed by atoms with Gasteiger partial charge in [0.25, 0.3) is 0 Å². The second kappa shape index (κ2) is 6.61. The number of nitrogens with one attached hydrogen (secondary N) is 2. The molecule has 2 amide bonds. The van der Waals surface area contributed by atoms with Gasteiger partial charge in [0.1, 0.15) is 5.41 Å². The van der Waals surface area contributed by atoms with Gasteiger partial charge in [0.05, 0.1) is 6.07 Å². The van der Waals surface area contributed by atoms with Gasteiger partial charge in [-0.2, -0.15) is 5.26 Å². The third-order valence-electron chi connectivity index (χ3n) is 4.04. The molecule has 2 N–H and O–H groups in total. The second-order valence-electron chi connectivity index (χ2n) is 6.08. The topological polar surface area (TPSA) is 82.0 Å². The van der Waals surface area contributed by atoms with Gasteiger partial charge in [-0.25, -0.2) is 0 Å². The third kappa shape index (κ3) is 3.45. The summed E-state index contributed by atoms with van der Waals surface area (Å²) in [6.07, 6.45) is 3.08. The van der Waals surface area contributed by atoms with Gasteiger partial charge in [0, 0.05) is 17.3 Å². The highest BCUT2D eigenvalue weighted by Crippen LogP contribution is 2.38. The smallest absolute Gasteiger partial charge is 0.244 e. The number of nitriles is 1. The zero-order chi connectivity index (χ0) is 16.2. The first kappa shape index (κ1) is 16.0. The number of carbonyl (C=O) groups excluding carboxylic acids is 2. The summed E-state index contributed by atoms with van der Waals surface area (Å²) in [4.78, 5) is 23.9. The van der Waals surface area contributed by atoms with Gasteiger partial charge in [0.15, 0.2) is 0 Å². The molecule has 116 valence electrons. The first-order valence-corrected chi connectivity index (χ1v) is 7.60. The summed E-state index contributed by atoms with van der Waals surface area (Å²) < 4.78 is 0. The van der Waals surface area contributed by atoms with Gasteiger partial charge in [0.2, 0.25) is 11.8 Å². The molecule has 1 aromatic rings. The highest BCUT2D eigenvalue weighted by Gasteiger charge is 2.41. The maximum absolute atomic E-state index is 12.3. The molecule has 0 heterocycles. The number of amides is 2. The van der Waals surface area contributed by atoms with Crippen LogP contribution in [0.15, 0.2) is 24.3 Å². The van der Waals surface area contributed by atoms with Crippen LogP contribution >= 0.6 is 0 Å². The van der Waals surface area contributed by atoms with Crippen LogP contribution < -0.4 is 10.6 Å². The Morgan fingerprint density at radius 2 is 1.59 bits per heavy atom. The van der Waals surface area contributed by atoms with Crippen molar-refractivity contribution in [1.29, 1.82) is 5.26 Å². The molecule has 2 rings (SSSR count). The highest BCUT2D eigenvalue weighted by molar-refractivity contribution is 5.98. The van der Waals surface area contributed by atoms with E-state index in [1.165, 1.54) is 0 Å². The molecular formula is C17H21N3O2. The molecule has 1 aromatic carbocycles. The molecule has 0 bridgehead atoms. The molecule has 0 saturated heterocycles. The largest absolute Gasteiger partial charge is 0.326 e. The SMILES string of the molecule is CC(C)C(=O)Nc1ccc(NC(=O)C2(C#N)CCCC2)cc1. The van der Waals surface area contributed by atoms with E-state index in [1.807, 2.05) is 13.8 Å². The van der Waals surface area contributed by atoms with E-state index in [9.17, 15) is 14.9 Å². The second-order valence-corrected chi connectivity index (χ2v) is 6.08. The summed E-state index contributed by atoms with van der Waals surface area (Å²) in [5.74, 6) is -0.366. The van der Waals surface area contributed by atoms with Crippen LogP contribution in [-0.2, 0) is 9.59 Å². The molecule has 1 aliphatic carbocycles. The maximum atomic E-state index is 12.3. The van der Waals surface area contributed by atoms with E-state index in [0.717, 1.165) is 12.8 Å². The number of carbonyl (C=O) groups is 2. The van der Waals surface area contributed by atoms with E-state index in [0.29, 0.717) is 24.2 Å². The Labute approximate surface area is 130 Å². The number of hydrogen-bond donors (Lipinski definition) is 2. The van der Waals surface area contributed by atoms with Gasteiger partial charge >= 0.3 is 0 Å². The van der Waals surface area contributed by atoms with Gasteiger partial charge in [-0.1, -0.05) is 26.7 Å². The third-order valence-corrected chi connectivity index (χ3v) is 4.04. The van der Waals surface area contributed by atoms with Crippen LogP contribution in [0.5, 0.6) is 0 Å². The number of benzene rings is 1. The Bertz CT molecular complexity index is 593. The average molecular weight is 299 g/mol. The van der Waals surface area contributed by atoms with E-state index in [-0.39, 0.29) is 17.7 Å². The van der Waals surface area contributed by atoms with E-state index in [1.54, 1.807) is 24.3 Å². The molecule has 0 radical (unpaired) electrons. The Kier molecular flexibility index (Phi) is 4.81. The minimum Gasteiger partial charge on any atom is -0.326 e. The lowest BCUT2D eigenvalue weighted by Gasteiger charge is -2.19. The van der Waals surface area contributed by atoms with Crippen LogP contribution in [-0.4, -0.2) is 11.8 Å². The summed E-state index contributed by atoms with van der Waals surface area (Å²) in [7, 11) is 0. The Balaban J connectivity index is 2.01. The van der Waals surface area contributed by atoms with E-state index in [2.05, 4.69) is 16.7 Å². The normalized spacial score (nSPS) is 16.1. The number of nitrogens with zero attached hydrogens (tertiary/aromatic N) is 1. The van der Waals surface area contributed by atoms with Gasteiger partial charge in [-0.15, -0.1) is 0 Å². The van der Waals surface area contributed by atoms with Gasteiger partial charge < -0.3 is 10.6 Å². The standard InChI is InChI=1S/C17H21N3O2/c1-12(2)15(21)19-13-5-7-14(8-6-13)20-16(22)17(11-18)9-3-4-10-17/h5-8,12H,3-4,9-10H2,1-2H3,(H,19,21)(H,20,22). The number of anilines is 2. The van der Waals surface area contributed by atoms with Crippen molar-refractivity contribution in [3.8, 4) is 6.07 Å². The van der Waals surface area contributed by atoms with Crippen molar-refractivity contribution in [1.82, 2.24) is 0 Å². The summed E-state index contributed by atoms with van der Waals surface area (Å²) in [5, 5.41) is 14.9. The van der Waals surface area contributed by atoms with E-state index >= 15 is 0 Å². The summed E-state index contributed by atoms with van der Waals surface area (Å²) in [5.41, 5.74) is 0.437. The first-order valence-electron chi connectivity index (χ1n) is 7.60. The Morgan fingerprint density at radius 3 is 2.05 bits per heavy atom. The summed E-state index contributed by atoms with van der Waals surface area (Å²) in [6, 6.07) is 9.12. The monoisotopic (exact) mass is 299 g/mol. The Morgan fingerprint density at radius 1 is 1.09 bits per heavy atom. The molecule has 5 nitrogen and oxygen atoms in total. The lowest BCUT2D eigenvalue weighted by molar-refractivity contribution is -0.122. The van der Waals surface area contributed by atoms with E-state index in [4.69, 9.17) is 0 Å². The zero-order valence-electron chi connectivity index (χ0n) is 13.0. The fourth-order valence-electron chi connectivity index (χ4n) is 2.54. The first-order chi connectivity index (χ1) is 10.5. The van der Waals surface area contributed by atoms with Crippen molar-refractivity contribution >= 4 is 23.2 Å². The number of rotatable bonds is 4. The fourth-order valence-corrected chi connectivity index (χ4v) is 2.54. The fraction of sp³-hybridized carbons (Fsp3) is 0.471. The van der Waals surface area contributed by atoms with Crippen LogP contribution in [0, 0.1) is 22.7 Å². The van der Waals surface area contributed by atoms with Crippen molar-refractivity contribution in [2.24, 2.45) is 11.3 Å². The quantitative estimate of drug-likeness (QED) is 0.895. The van der Waals surface area contributed by atoms with Crippen molar-refractivity contribution < 1.29 is 9.59 Å². The molecule has 1 saturated carbocycles. The van der Waals surface area contributed by atoms with Gasteiger partial charge in [-0.05, 0) is 37.1 Å². The zero-order valence-corrected chi connectivity index (χ0v) is 13.0. The molecule has 1 fully saturated rings. The maximum Gasteiger partial charge on any atom is 0.244 e. The predicted molar refractivity (Wildman–Crippen MR) is 85.1 cm³/mol. The summed E-state index contributed by atoms with van der Waals surface area (Å²) >= 11 is 0. The number of hydrogen-bond acceptors (Lipinski definition) is 3. The highest BCUT2D eigenvalue weighted by atomic mass is 16.2. The van der Waals surface area contributed by atoms with Gasteiger partial charge in [-0.3, -0.25) is 9.59 Å². The predicted octanol–water partition coefficient (Wildman–Crippen LogP) is 3.30. The minimum absolute atomic E-state index is 0.0498. The van der Waals surface area contributed by atoms with Crippen LogP contribution in [0.25, 0.3) is 0 Å². The summed E-state index contributed by atoms with van der Waals surface area (Å²) in [6.45, 7) is 3.65. The molecule has 0 unspecified atom stereocenters. The van der Waals surface area contributed by atoms with Crippen LogP contribution in [0.4, 0.5) is 11.4 Å². The molecule has 0 aliphatic heterocycles. The van der Waals surface area contributed by atoms with Crippen LogP contribution in [0.3, 0.4) is 0 Å². The Hall–Kier alpha value is -2.35. The minimum atomic E-state index is -0.884. The molecular weight excluding hydrogens is 278 g/mol. The van der Waals surface area contributed by atoms with Crippen molar-refractivity contribution in [3.05, 3.63) is 24.3 Å². The van der Waals surface area contributed by atoms with Crippen molar-refractivity contribution in [2.75, 3.05) is 10.6 Å². The van der Waals surface area contributed by atoms with Crippen LogP contribution in [0.2, 0.25) is 0 Å². The molecule has 0 atom stereocenters. The lowest BCUT2D eigenvalue weighted by Crippen LogP contribution is -2.32. The van der Waals surface area contributed by atoms with Crippen molar-refractivity contribution in [2.45, 2.75) is 39.5 Å². The van der Waals surface area contributed by atoms with Crippen LogP contribution in [0.1, 0.15) is 39.5 Å². The van der Waals surface area contributed by atoms with E-state index < -0.39 is 5.41 Å². The molecule has 5 heteroatoms. The van der Waals surface area contributed by atoms with Crippen molar-refractivity contribution in [3.63, 3.8) is 0 Å². The molecule has 22 heavy (non-hydrogen) atoms. The lowest BCUT2D eigenvalue weighted by atomic mass is 9.87. The molecule has 0 aromatic heterocycles. The average Bonchev–Trinajstić information content (AvgIpc) is 2.99. The molecule has 1 aliphatic rings.